The van der Waals surface area contributed by atoms with Crippen LogP contribution in [-0.4, -0.2) is 93.5 Å². The Hall–Kier alpha value is -5.08. The second-order valence-electron chi connectivity index (χ2n) is 10.4. The van der Waals surface area contributed by atoms with E-state index in [-0.39, 0.29) is 32.5 Å². The number of aliphatic carboxylic acids is 1. The number of carbonyl (C=O) groups is 8. The number of rotatable bonds is 14. The summed E-state index contributed by atoms with van der Waals surface area (Å²) in [5.74, 6) is -5.17. The first-order valence-electron chi connectivity index (χ1n) is 14.0. The summed E-state index contributed by atoms with van der Waals surface area (Å²) in [5.41, 5.74) is 1.17. The fraction of sp³-hybridized carbons (Fsp3) is 0.448. The number of imide groups is 1. The van der Waals surface area contributed by atoms with Crippen LogP contribution in [0.4, 0.5) is 5.69 Å². The molecule has 15 heteroatoms. The van der Waals surface area contributed by atoms with E-state index in [4.69, 9.17) is 4.74 Å². The molecular weight excluding hydrogens is 578 g/mol. The Morgan fingerprint density at radius 3 is 2.27 bits per heavy atom. The molecule has 3 atom stereocenters. The maximum atomic E-state index is 13.5. The smallest absolute Gasteiger partial charge is 0.303 e. The number of esters is 1. The number of carbonyl (C=O) groups excluding carboxylic acids is 7. The van der Waals surface area contributed by atoms with Gasteiger partial charge in [0.15, 0.2) is 0 Å². The molecule has 0 radical (unpaired) electrons. The van der Waals surface area contributed by atoms with E-state index < -0.39 is 71.9 Å². The van der Waals surface area contributed by atoms with Crippen LogP contribution in [0, 0.1) is 0 Å². The number of carboxylic acid groups (broad SMARTS) is 1. The standard InChI is InChI=1S/C29H35N5O10/c1-17(30-23(36)13-15-34-24(37)10-11-25(34)38)27(41)32-21(9-12-26(39)40)29(43)33-14-3-4-22(33)28(42)31-20-7-5-19(6-8-20)16-44-18(2)35/h5-8,10-11,17,21-22H,3-4,9,12-16H2,1-2H3,(H,30,36)(H,31,42)(H,32,41)(H,39,40)/t17-,21-,22-/m0/s1. The van der Waals surface area contributed by atoms with Gasteiger partial charge >= 0.3 is 11.9 Å². The lowest BCUT2D eigenvalue weighted by molar-refractivity contribution is -0.143. The van der Waals surface area contributed by atoms with E-state index in [1.54, 1.807) is 24.3 Å². The Kier molecular flexibility index (Phi) is 11.7. The zero-order valence-corrected chi connectivity index (χ0v) is 24.4. The third-order valence-corrected chi connectivity index (χ3v) is 7.00. The summed E-state index contributed by atoms with van der Waals surface area (Å²) in [6.45, 7) is 2.78. The number of nitrogens with one attached hydrogen (secondary N) is 3. The fourth-order valence-corrected chi connectivity index (χ4v) is 4.66. The number of hydrogen-bond acceptors (Lipinski definition) is 9. The predicted octanol–water partition coefficient (Wildman–Crippen LogP) is -0.151. The summed E-state index contributed by atoms with van der Waals surface area (Å²) in [4.78, 5) is 99.6. The van der Waals surface area contributed by atoms with Gasteiger partial charge in [0.05, 0.1) is 0 Å². The molecule has 1 saturated heterocycles. The van der Waals surface area contributed by atoms with Gasteiger partial charge in [0.1, 0.15) is 24.7 Å². The Balaban J connectivity index is 1.59. The largest absolute Gasteiger partial charge is 0.481 e. The molecule has 1 aromatic carbocycles. The van der Waals surface area contributed by atoms with Crippen molar-refractivity contribution in [1.82, 2.24) is 20.4 Å². The molecule has 0 spiro atoms. The summed E-state index contributed by atoms with van der Waals surface area (Å²) in [5, 5.41) is 16.9. The first-order chi connectivity index (χ1) is 20.8. The van der Waals surface area contributed by atoms with Crippen LogP contribution in [0.1, 0.15) is 51.5 Å². The van der Waals surface area contributed by atoms with Crippen LogP contribution in [-0.2, 0) is 49.7 Å². The summed E-state index contributed by atoms with van der Waals surface area (Å²) < 4.78 is 4.94. The van der Waals surface area contributed by atoms with Gasteiger partial charge in [-0.05, 0) is 43.9 Å². The summed E-state index contributed by atoms with van der Waals surface area (Å²) in [6, 6.07) is 3.33. The number of anilines is 1. The minimum Gasteiger partial charge on any atom is -0.481 e. The van der Waals surface area contributed by atoms with Crippen molar-refractivity contribution >= 4 is 53.1 Å². The van der Waals surface area contributed by atoms with E-state index in [1.165, 1.54) is 18.7 Å². The number of likely N-dealkylation sites (tertiary alicyclic amines) is 1. The van der Waals surface area contributed by atoms with Gasteiger partial charge in [-0.15, -0.1) is 0 Å². The highest BCUT2D eigenvalue weighted by atomic mass is 16.5. The average Bonchev–Trinajstić information content (AvgIpc) is 3.59. The van der Waals surface area contributed by atoms with E-state index in [1.807, 2.05) is 0 Å². The first-order valence-corrected chi connectivity index (χ1v) is 14.0. The molecule has 0 saturated carbocycles. The lowest BCUT2D eigenvalue weighted by atomic mass is 10.1. The fourth-order valence-electron chi connectivity index (χ4n) is 4.66. The second kappa shape index (κ2) is 15.4. The Morgan fingerprint density at radius 1 is 1.00 bits per heavy atom. The molecule has 0 unspecified atom stereocenters. The van der Waals surface area contributed by atoms with Crippen molar-refractivity contribution in [3.8, 4) is 0 Å². The minimum absolute atomic E-state index is 0.0819. The van der Waals surface area contributed by atoms with Crippen molar-refractivity contribution in [2.75, 3.05) is 18.4 Å². The number of carboxylic acids is 1. The lowest BCUT2D eigenvalue weighted by Gasteiger charge is -2.29. The molecule has 15 nitrogen and oxygen atoms in total. The monoisotopic (exact) mass is 613 g/mol. The molecular formula is C29H35N5O10. The van der Waals surface area contributed by atoms with Crippen LogP contribution in [0.15, 0.2) is 36.4 Å². The summed E-state index contributed by atoms with van der Waals surface area (Å²) in [7, 11) is 0. The van der Waals surface area contributed by atoms with Crippen LogP contribution in [0.5, 0.6) is 0 Å². The molecule has 1 fully saturated rings. The Labute approximate surface area is 252 Å². The molecule has 4 N–H and O–H groups in total. The normalized spacial score (nSPS) is 17.2. The number of ether oxygens (including phenoxy) is 1. The molecule has 6 amide bonds. The van der Waals surface area contributed by atoms with E-state index in [0.29, 0.717) is 24.1 Å². The van der Waals surface area contributed by atoms with Crippen LogP contribution < -0.4 is 16.0 Å². The van der Waals surface area contributed by atoms with Crippen molar-refractivity contribution < 1.29 is 48.2 Å². The number of benzene rings is 1. The van der Waals surface area contributed by atoms with Crippen LogP contribution in [0.25, 0.3) is 0 Å². The molecule has 1 aromatic rings. The van der Waals surface area contributed by atoms with Crippen molar-refractivity contribution in [2.45, 2.75) is 70.7 Å². The maximum absolute atomic E-state index is 13.5. The topological polar surface area (TPSA) is 209 Å². The first kappa shape index (κ1) is 33.4. The highest BCUT2D eigenvalue weighted by Gasteiger charge is 2.38. The zero-order chi connectivity index (χ0) is 32.4. The van der Waals surface area contributed by atoms with Crippen LogP contribution in [0.2, 0.25) is 0 Å². The van der Waals surface area contributed by atoms with Gasteiger partial charge in [0.2, 0.25) is 23.6 Å². The van der Waals surface area contributed by atoms with Gasteiger partial charge in [-0.2, -0.15) is 0 Å². The summed E-state index contributed by atoms with van der Waals surface area (Å²) in [6.07, 6.45) is 2.10. The van der Waals surface area contributed by atoms with E-state index in [9.17, 15) is 43.5 Å². The van der Waals surface area contributed by atoms with E-state index in [2.05, 4.69) is 16.0 Å². The highest BCUT2D eigenvalue weighted by molar-refractivity contribution is 6.13. The zero-order valence-electron chi connectivity index (χ0n) is 24.4. The van der Waals surface area contributed by atoms with Crippen molar-refractivity contribution in [1.29, 1.82) is 0 Å². The van der Waals surface area contributed by atoms with E-state index in [0.717, 1.165) is 17.1 Å². The molecule has 236 valence electrons. The predicted molar refractivity (Wildman–Crippen MR) is 152 cm³/mol. The third-order valence-electron chi connectivity index (χ3n) is 7.00. The van der Waals surface area contributed by atoms with Gasteiger partial charge in [-0.25, -0.2) is 0 Å². The molecule has 2 aliphatic rings. The van der Waals surface area contributed by atoms with Gasteiger partial charge in [0, 0.05) is 50.7 Å². The molecule has 0 aromatic heterocycles. The third kappa shape index (κ3) is 9.47. The van der Waals surface area contributed by atoms with E-state index >= 15 is 0 Å². The van der Waals surface area contributed by atoms with Crippen LogP contribution in [0.3, 0.4) is 0 Å². The quantitative estimate of drug-likeness (QED) is 0.161. The van der Waals surface area contributed by atoms with Gasteiger partial charge in [-0.3, -0.25) is 43.3 Å². The van der Waals surface area contributed by atoms with Gasteiger partial charge in [0.25, 0.3) is 11.8 Å². The van der Waals surface area contributed by atoms with Crippen molar-refractivity contribution in [3.63, 3.8) is 0 Å². The highest BCUT2D eigenvalue weighted by Crippen LogP contribution is 2.22. The van der Waals surface area contributed by atoms with Gasteiger partial charge in [-0.1, -0.05) is 12.1 Å². The Bertz CT molecular complexity index is 1320. The Morgan fingerprint density at radius 2 is 1.66 bits per heavy atom. The second-order valence-corrected chi connectivity index (χ2v) is 10.4. The number of hydrogen-bond donors (Lipinski definition) is 4. The molecule has 2 aliphatic heterocycles. The number of amides is 6. The SMILES string of the molecule is CC(=O)OCc1ccc(NC(=O)[C@@H]2CCCN2C(=O)[C@H](CCC(=O)O)NC(=O)[C@H](C)NC(=O)CCN2C(=O)C=CC2=O)cc1. The number of nitrogens with zero attached hydrogens (tertiary/aromatic N) is 2. The summed E-state index contributed by atoms with van der Waals surface area (Å²) >= 11 is 0. The average molecular weight is 614 g/mol. The van der Waals surface area contributed by atoms with Gasteiger partial charge < -0.3 is 30.7 Å². The molecule has 44 heavy (non-hydrogen) atoms. The molecule has 0 aliphatic carbocycles. The molecule has 0 bridgehead atoms. The maximum Gasteiger partial charge on any atom is 0.303 e. The van der Waals surface area contributed by atoms with Crippen LogP contribution >= 0.6 is 0 Å². The molecule has 3 rings (SSSR count). The molecule has 2 heterocycles. The lowest BCUT2D eigenvalue weighted by Crippen LogP contribution is -2.55. The minimum atomic E-state index is -1.28. The van der Waals surface area contributed by atoms with Crippen molar-refractivity contribution in [2.24, 2.45) is 0 Å². The van der Waals surface area contributed by atoms with Crippen molar-refractivity contribution in [3.05, 3.63) is 42.0 Å².